The summed E-state index contributed by atoms with van der Waals surface area (Å²) in [5.41, 5.74) is 1.13. The number of hydrogen-bond donors (Lipinski definition) is 1. The average Bonchev–Trinajstić information content (AvgIpc) is 2.39. The molecule has 1 N–H and O–H groups in total. The lowest BCUT2D eigenvalue weighted by molar-refractivity contribution is 0.535. The van der Waals surface area contributed by atoms with Gasteiger partial charge >= 0.3 is 0 Å². The van der Waals surface area contributed by atoms with Crippen molar-refractivity contribution in [2.45, 2.75) is 19.5 Å². The van der Waals surface area contributed by atoms with Crippen LogP contribution in [0.15, 0.2) is 36.4 Å². The first-order valence-corrected chi connectivity index (χ1v) is 6.85. The largest absolute Gasteiger partial charge is 0.306 e. The second-order valence-electron chi connectivity index (χ2n) is 4.50. The molecule has 1 nitrogen and oxygen atoms in total. The van der Waals surface area contributed by atoms with E-state index in [1.54, 1.807) is 12.1 Å². The lowest BCUT2D eigenvalue weighted by Gasteiger charge is -2.16. The molecule has 0 heterocycles. The van der Waals surface area contributed by atoms with Gasteiger partial charge in [-0.15, -0.1) is 0 Å². The van der Waals surface area contributed by atoms with Gasteiger partial charge < -0.3 is 5.32 Å². The molecular weight excluding hydrogens is 303 g/mol. The van der Waals surface area contributed by atoms with E-state index >= 15 is 0 Å². The van der Waals surface area contributed by atoms with E-state index in [2.05, 4.69) is 5.32 Å². The van der Waals surface area contributed by atoms with E-state index in [9.17, 15) is 8.78 Å². The highest BCUT2D eigenvalue weighted by atomic mass is 35.5. The first-order chi connectivity index (χ1) is 9.47. The van der Waals surface area contributed by atoms with Gasteiger partial charge in [-0.2, -0.15) is 0 Å². The second-order valence-corrected chi connectivity index (χ2v) is 5.35. The molecule has 20 heavy (non-hydrogen) atoms. The molecule has 2 rings (SSSR count). The molecule has 2 aromatic carbocycles. The molecule has 1 atom stereocenters. The van der Waals surface area contributed by atoms with Crippen LogP contribution in [0.1, 0.15) is 24.1 Å². The van der Waals surface area contributed by atoms with Crippen molar-refractivity contribution in [3.63, 3.8) is 0 Å². The van der Waals surface area contributed by atoms with Crippen molar-refractivity contribution in [2.24, 2.45) is 0 Å². The zero-order chi connectivity index (χ0) is 14.7. The summed E-state index contributed by atoms with van der Waals surface area (Å²) in [6, 6.07) is 8.48. The molecule has 106 valence electrons. The molecule has 0 fully saturated rings. The third-order valence-electron chi connectivity index (χ3n) is 3.04. The fraction of sp³-hybridized carbons (Fsp3) is 0.200. The van der Waals surface area contributed by atoms with Crippen LogP contribution >= 0.6 is 23.2 Å². The average molecular weight is 316 g/mol. The molecule has 0 amide bonds. The van der Waals surface area contributed by atoms with Gasteiger partial charge in [-0.3, -0.25) is 0 Å². The van der Waals surface area contributed by atoms with E-state index in [1.165, 1.54) is 6.07 Å². The molecule has 1 unspecified atom stereocenters. The summed E-state index contributed by atoms with van der Waals surface area (Å²) in [7, 11) is 0. The van der Waals surface area contributed by atoms with E-state index in [0.717, 1.165) is 17.7 Å². The quantitative estimate of drug-likeness (QED) is 0.825. The molecule has 5 heteroatoms. The van der Waals surface area contributed by atoms with E-state index < -0.39 is 11.6 Å². The summed E-state index contributed by atoms with van der Waals surface area (Å²) >= 11 is 11.9. The maximum atomic E-state index is 13.5. The molecule has 0 aliphatic rings. The second kappa shape index (κ2) is 6.53. The van der Waals surface area contributed by atoms with E-state index in [1.807, 2.05) is 13.0 Å². The van der Waals surface area contributed by atoms with Gasteiger partial charge in [0.25, 0.3) is 0 Å². The fourth-order valence-electron chi connectivity index (χ4n) is 1.90. The summed E-state index contributed by atoms with van der Waals surface area (Å²) in [6.07, 6.45) is 0. The Hall–Kier alpha value is -1.16. The van der Waals surface area contributed by atoms with Crippen LogP contribution in [-0.2, 0) is 6.54 Å². The zero-order valence-electron chi connectivity index (χ0n) is 10.8. The maximum absolute atomic E-state index is 13.5. The first-order valence-electron chi connectivity index (χ1n) is 6.09. The highest BCUT2D eigenvalue weighted by molar-refractivity contribution is 6.35. The molecule has 0 saturated carbocycles. The minimum absolute atomic E-state index is 0.109. The van der Waals surface area contributed by atoms with Crippen molar-refractivity contribution < 1.29 is 8.78 Å². The van der Waals surface area contributed by atoms with Crippen molar-refractivity contribution in [3.05, 3.63) is 69.2 Å². The minimum Gasteiger partial charge on any atom is -0.306 e. The Morgan fingerprint density at radius 2 is 1.85 bits per heavy atom. The van der Waals surface area contributed by atoms with Crippen LogP contribution in [0.2, 0.25) is 10.0 Å². The number of hydrogen-bond acceptors (Lipinski definition) is 1. The normalized spacial score (nSPS) is 12.4. The molecule has 0 aromatic heterocycles. The van der Waals surface area contributed by atoms with Gasteiger partial charge in [0.15, 0.2) is 0 Å². The number of benzene rings is 2. The van der Waals surface area contributed by atoms with Gasteiger partial charge in [0.05, 0.1) is 0 Å². The Kier molecular flexibility index (Phi) is 4.97. The van der Waals surface area contributed by atoms with Crippen LogP contribution in [0, 0.1) is 11.6 Å². The van der Waals surface area contributed by atoms with Crippen molar-refractivity contribution in [1.29, 1.82) is 0 Å². The Bertz CT molecular complexity index is 617. The molecule has 0 saturated heterocycles. The highest BCUT2D eigenvalue weighted by Gasteiger charge is 2.11. The molecule has 2 aromatic rings. The van der Waals surface area contributed by atoms with Crippen LogP contribution < -0.4 is 5.32 Å². The lowest BCUT2D eigenvalue weighted by Crippen LogP contribution is -2.19. The van der Waals surface area contributed by atoms with Crippen LogP contribution in [0.25, 0.3) is 0 Å². The summed E-state index contributed by atoms with van der Waals surface area (Å²) in [4.78, 5) is 0. The van der Waals surface area contributed by atoms with Crippen LogP contribution in [-0.4, -0.2) is 0 Å². The summed E-state index contributed by atoms with van der Waals surface area (Å²) in [6.45, 7) is 2.11. The van der Waals surface area contributed by atoms with Gasteiger partial charge in [0.2, 0.25) is 0 Å². The molecular formula is C15H13Cl2F2N. The maximum Gasteiger partial charge on any atom is 0.127 e. The van der Waals surface area contributed by atoms with Gasteiger partial charge in [0, 0.05) is 28.2 Å². The van der Waals surface area contributed by atoms with Crippen molar-refractivity contribution in [3.8, 4) is 0 Å². The molecule has 0 aliphatic carbocycles. The Balaban J connectivity index is 2.08. The fourth-order valence-corrected chi connectivity index (χ4v) is 2.48. The number of nitrogens with one attached hydrogen (secondary N) is 1. The van der Waals surface area contributed by atoms with E-state index in [-0.39, 0.29) is 18.2 Å². The molecule has 0 aliphatic heterocycles. The summed E-state index contributed by atoms with van der Waals surface area (Å²) < 4.78 is 26.6. The monoisotopic (exact) mass is 315 g/mol. The van der Waals surface area contributed by atoms with Crippen molar-refractivity contribution in [2.75, 3.05) is 0 Å². The molecule has 0 radical (unpaired) electrons. The predicted octanol–water partition coefficient (Wildman–Crippen LogP) is 5.12. The number of rotatable bonds is 4. The van der Waals surface area contributed by atoms with Crippen LogP contribution in [0.4, 0.5) is 8.78 Å². The summed E-state index contributed by atoms with van der Waals surface area (Å²) in [5.74, 6) is -0.895. The topological polar surface area (TPSA) is 12.0 Å². The minimum atomic E-state index is -0.458. The SMILES string of the molecule is CC(NCc1cc(F)ccc1F)c1ccc(Cl)cc1Cl. The standard InChI is InChI=1S/C15H13Cl2F2N/c1-9(13-4-2-11(16)7-14(13)17)20-8-10-6-12(18)3-5-15(10)19/h2-7,9,20H,8H2,1H3. The molecule has 0 bridgehead atoms. The lowest BCUT2D eigenvalue weighted by atomic mass is 10.1. The van der Waals surface area contributed by atoms with E-state index in [4.69, 9.17) is 23.2 Å². The molecule has 0 spiro atoms. The van der Waals surface area contributed by atoms with Crippen molar-refractivity contribution >= 4 is 23.2 Å². The van der Waals surface area contributed by atoms with Crippen LogP contribution in [0.3, 0.4) is 0 Å². The Morgan fingerprint density at radius 1 is 1.10 bits per heavy atom. The Labute approximate surface area is 126 Å². The first kappa shape index (κ1) is 15.2. The van der Waals surface area contributed by atoms with Gasteiger partial charge in [-0.25, -0.2) is 8.78 Å². The van der Waals surface area contributed by atoms with Crippen LogP contribution in [0.5, 0.6) is 0 Å². The van der Waals surface area contributed by atoms with Gasteiger partial charge in [0.1, 0.15) is 11.6 Å². The van der Waals surface area contributed by atoms with Gasteiger partial charge in [-0.05, 0) is 42.8 Å². The summed E-state index contributed by atoms with van der Waals surface area (Å²) in [5, 5.41) is 4.21. The smallest absolute Gasteiger partial charge is 0.127 e. The van der Waals surface area contributed by atoms with Crippen molar-refractivity contribution in [1.82, 2.24) is 5.32 Å². The zero-order valence-corrected chi connectivity index (χ0v) is 12.3. The predicted molar refractivity (Wildman–Crippen MR) is 78.1 cm³/mol. The number of halogens is 4. The Morgan fingerprint density at radius 3 is 2.55 bits per heavy atom. The van der Waals surface area contributed by atoms with Gasteiger partial charge in [-0.1, -0.05) is 29.3 Å². The third kappa shape index (κ3) is 3.69. The third-order valence-corrected chi connectivity index (χ3v) is 3.60. The van der Waals surface area contributed by atoms with E-state index in [0.29, 0.717) is 10.0 Å². The highest BCUT2D eigenvalue weighted by Crippen LogP contribution is 2.26.